The number of esters is 1. The van der Waals surface area contributed by atoms with E-state index in [1.54, 1.807) is 0 Å². The number of hydrogen-bond donors (Lipinski definition) is 1. The summed E-state index contributed by atoms with van der Waals surface area (Å²) in [6, 6.07) is 1.06. The van der Waals surface area contributed by atoms with Gasteiger partial charge in [0, 0.05) is 45.4 Å². The van der Waals surface area contributed by atoms with Gasteiger partial charge in [-0.2, -0.15) is 0 Å². The Balaban J connectivity index is 1.40. The van der Waals surface area contributed by atoms with Crippen LogP contribution in [0, 0.1) is 11.8 Å². The van der Waals surface area contributed by atoms with E-state index in [0.717, 1.165) is 64.3 Å². The SMILES string of the molecule is COC(=O)CC(C1CCN(C(=O)OC(C)(C)C)CC1)N1CCCN(C2C(OC)CCC3CCCNC32)CC1. The number of hydrogen-bond acceptors (Lipinski definition) is 8. The van der Waals surface area contributed by atoms with Gasteiger partial charge in [0.1, 0.15) is 5.60 Å². The molecule has 1 aliphatic carbocycles. The minimum Gasteiger partial charge on any atom is -0.469 e. The predicted molar refractivity (Wildman–Crippen MR) is 147 cm³/mol. The molecule has 0 bridgehead atoms. The van der Waals surface area contributed by atoms with Gasteiger partial charge in [-0.3, -0.25) is 14.6 Å². The molecular weight excluding hydrogens is 484 g/mol. The molecule has 0 aromatic carbocycles. The number of methoxy groups -OCH3 is 2. The molecule has 1 N–H and O–H groups in total. The van der Waals surface area contributed by atoms with Crippen molar-refractivity contribution < 1.29 is 23.8 Å². The van der Waals surface area contributed by atoms with Gasteiger partial charge < -0.3 is 24.4 Å². The van der Waals surface area contributed by atoms with Gasteiger partial charge in [-0.05, 0) is 97.2 Å². The fraction of sp³-hybridized carbons (Fsp3) is 0.931. The second kappa shape index (κ2) is 13.3. The van der Waals surface area contributed by atoms with Crippen LogP contribution >= 0.6 is 0 Å². The topological polar surface area (TPSA) is 83.6 Å². The molecule has 0 aromatic heterocycles. The zero-order valence-corrected chi connectivity index (χ0v) is 24.5. The van der Waals surface area contributed by atoms with Crippen LogP contribution < -0.4 is 5.32 Å². The quantitative estimate of drug-likeness (QED) is 0.519. The van der Waals surface area contributed by atoms with Crippen molar-refractivity contribution in [3.05, 3.63) is 0 Å². The summed E-state index contributed by atoms with van der Waals surface area (Å²) in [4.78, 5) is 32.2. The van der Waals surface area contributed by atoms with Gasteiger partial charge in [-0.25, -0.2) is 4.79 Å². The summed E-state index contributed by atoms with van der Waals surface area (Å²) < 4.78 is 16.8. The summed E-state index contributed by atoms with van der Waals surface area (Å²) in [7, 11) is 3.36. The van der Waals surface area contributed by atoms with E-state index in [-0.39, 0.29) is 24.2 Å². The molecule has 38 heavy (non-hydrogen) atoms. The lowest BCUT2D eigenvalue weighted by atomic mass is 9.74. The summed E-state index contributed by atoms with van der Waals surface area (Å²) in [5.74, 6) is 0.957. The number of fused-ring (bicyclic) bond motifs is 1. The normalized spacial score (nSPS) is 31.2. The minimum atomic E-state index is -0.493. The summed E-state index contributed by atoms with van der Waals surface area (Å²) in [5.41, 5.74) is -0.493. The summed E-state index contributed by atoms with van der Waals surface area (Å²) in [6.07, 6.45) is 8.29. The first-order chi connectivity index (χ1) is 18.2. The lowest BCUT2D eigenvalue weighted by molar-refractivity contribution is -0.142. The van der Waals surface area contributed by atoms with E-state index in [1.165, 1.54) is 26.4 Å². The molecule has 1 saturated carbocycles. The molecule has 3 aliphatic heterocycles. The van der Waals surface area contributed by atoms with Crippen LogP contribution in [0.5, 0.6) is 0 Å². The molecule has 0 aromatic rings. The smallest absolute Gasteiger partial charge is 0.410 e. The van der Waals surface area contributed by atoms with Crippen molar-refractivity contribution in [2.24, 2.45) is 11.8 Å². The van der Waals surface area contributed by atoms with Crippen molar-refractivity contribution in [2.75, 3.05) is 60.0 Å². The zero-order chi connectivity index (χ0) is 27.3. The van der Waals surface area contributed by atoms with Crippen LogP contribution in [0.25, 0.3) is 0 Å². The molecule has 4 aliphatic rings. The van der Waals surface area contributed by atoms with Crippen LogP contribution in [0.4, 0.5) is 4.79 Å². The summed E-state index contributed by atoms with van der Waals surface area (Å²) in [6.45, 7) is 12.1. The highest BCUT2D eigenvalue weighted by atomic mass is 16.6. The van der Waals surface area contributed by atoms with E-state index >= 15 is 0 Å². The number of nitrogens with zero attached hydrogens (tertiary/aromatic N) is 3. The van der Waals surface area contributed by atoms with Crippen molar-refractivity contribution >= 4 is 12.1 Å². The molecule has 0 radical (unpaired) electrons. The molecule has 9 heteroatoms. The Morgan fingerprint density at radius 3 is 2.37 bits per heavy atom. The van der Waals surface area contributed by atoms with Crippen molar-refractivity contribution in [2.45, 2.75) is 102 Å². The highest BCUT2D eigenvalue weighted by Crippen LogP contribution is 2.36. The van der Waals surface area contributed by atoms with Crippen LogP contribution in [0.1, 0.15) is 72.1 Å². The average molecular weight is 537 g/mol. The van der Waals surface area contributed by atoms with Gasteiger partial charge >= 0.3 is 12.1 Å². The van der Waals surface area contributed by atoms with Crippen LogP contribution in [0.15, 0.2) is 0 Å². The van der Waals surface area contributed by atoms with Gasteiger partial charge in [0.25, 0.3) is 0 Å². The first kappa shape index (κ1) is 29.6. The highest BCUT2D eigenvalue weighted by molar-refractivity contribution is 5.70. The van der Waals surface area contributed by atoms with E-state index in [0.29, 0.717) is 37.5 Å². The molecule has 3 saturated heterocycles. The van der Waals surface area contributed by atoms with Crippen molar-refractivity contribution in [3.63, 3.8) is 0 Å². The number of rotatable bonds is 6. The zero-order valence-electron chi connectivity index (χ0n) is 24.5. The fourth-order valence-corrected chi connectivity index (χ4v) is 7.43. The van der Waals surface area contributed by atoms with E-state index in [2.05, 4.69) is 15.1 Å². The van der Waals surface area contributed by atoms with E-state index in [1.807, 2.05) is 32.8 Å². The van der Waals surface area contributed by atoms with Gasteiger partial charge in [0.2, 0.25) is 0 Å². The summed E-state index contributed by atoms with van der Waals surface area (Å²) >= 11 is 0. The first-order valence-corrected chi connectivity index (χ1v) is 15.0. The summed E-state index contributed by atoms with van der Waals surface area (Å²) in [5, 5.41) is 3.86. The van der Waals surface area contributed by atoms with E-state index in [9.17, 15) is 9.59 Å². The molecule has 3 heterocycles. The molecule has 1 amide bonds. The maximum absolute atomic E-state index is 12.6. The highest BCUT2D eigenvalue weighted by Gasteiger charge is 2.44. The molecule has 4 rings (SSSR count). The monoisotopic (exact) mass is 536 g/mol. The minimum absolute atomic E-state index is 0.133. The number of piperidine rings is 2. The third-order valence-corrected chi connectivity index (χ3v) is 9.31. The second-order valence-corrected chi connectivity index (χ2v) is 12.8. The van der Waals surface area contributed by atoms with Crippen LogP contribution in [0.3, 0.4) is 0 Å². The predicted octanol–water partition coefficient (Wildman–Crippen LogP) is 3.12. The molecule has 0 spiro atoms. The number of ether oxygens (including phenoxy) is 3. The number of carbonyl (C=O) groups excluding carboxylic acids is 2. The molecule has 5 atom stereocenters. The molecule has 9 nitrogen and oxygen atoms in total. The number of amides is 1. The van der Waals surface area contributed by atoms with Gasteiger partial charge in [-0.15, -0.1) is 0 Å². The Morgan fingerprint density at radius 1 is 0.921 bits per heavy atom. The van der Waals surface area contributed by atoms with Crippen molar-refractivity contribution in [1.82, 2.24) is 20.0 Å². The van der Waals surface area contributed by atoms with Crippen molar-refractivity contribution in [1.29, 1.82) is 0 Å². The Hall–Kier alpha value is -1.42. The third kappa shape index (κ3) is 7.40. The number of likely N-dealkylation sites (tertiary alicyclic amines) is 1. The third-order valence-electron chi connectivity index (χ3n) is 9.31. The Labute approximate surface area is 229 Å². The molecule has 4 fully saturated rings. The van der Waals surface area contributed by atoms with Gasteiger partial charge in [0.15, 0.2) is 0 Å². The first-order valence-electron chi connectivity index (χ1n) is 15.0. The molecule has 5 unspecified atom stereocenters. The van der Waals surface area contributed by atoms with Crippen LogP contribution in [-0.2, 0) is 19.0 Å². The molecular formula is C29H52N4O5. The second-order valence-electron chi connectivity index (χ2n) is 12.8. The largest absolute Gasteiger partial charge is 0.469 e. The maximum Gasteiger partial charge on any atom is 0.410 e. The Kier molecular flexibility index (Phi) is 10.3. The fourth-order valence-electron chi connectivity index (χ4n) is 7.43. The standard InChI is InChI=1S/C29H52N4O5/c1-29(2,3)38-28(35)33-16-11-21(12-17-33)23(20-25(34)37-5)31-14-7-15-32(19-18-31)27-24(36-4)10-9-22-8-6-13-30-26(22)27/h21-24,26-27,30H,6-20H2,1-5H3. The van der Waals surface area contributed by atoms with Crippen molar-refractivity contribution in [3.8, 4) is 0 Å². The van der Waals surface area contributed by atoms with Gasteiger partial charge in [-0.1, -0.05) is 0 Å². The van der Waals surface area contributed by atoms with Crippen LogP contribution in [0.2, 0.25) is 0 Å². The average Bonchev–Trinajstić information content (AvgIpc) is 3.16. The molecule has 218 valence electrons. The Bertz CT molecular complexity index is 781. The lowest BCUT2D eigenvalue weighted by Gasteiger charge is -2.49. The number of nitrogens with one attached hydrogen (secondary N) is 1. The maximum atomic E-state index is 12.6. The van der Waals surface area contributed by atoms with E-state index < -0.39 is 5.60 Å². The lowest BCUT2D eigenvalue weighted by Crippen LogP contribution is -2.63. The Morgan fingerprint density at radius 2 is 1.68 bits per heavy atom. The van der Waals surface area contributed by atoms with Crippen LogP contribution in [-0.4, -0.2) is 117 Å². The number of carbonyl (C=O) groups is 2. The van der Waals surface area contributed by atoms with E-state index in [4.69, 9.17) is 14.2 Å². The van der Waals surface area contributed by atoms with Gasteiger partial charge in [0.05, 0.1) is 25.7 Å².